The van der Waals surface area contributed by atoms with Crippen LogP contribution >= 0.6 is 24.0 Å². The second-order valence-electron chi connectivity index (χ2n) is 8.72. The number of aliphatic imine (C=N–C) groups is 1. The van der Waals surface area contributed by atoms with Crippen molar-refractivity contribution in [3.63, 3.8) is 0 Å². The average Bonchev–Trinajstić information content (AvgIpc) is 3.38. The van der Waals surface area contributed by atoms with Gasteiger partial charge >= 0.3 is 0 Å². The quantitative estimate of drug-likeness (QED) is 0.316. The topological polar surface area (TPSA) is 65.7 Å². The Morgan fingerprint density at radius 1 is 1.27 bits per heavy atom. The molecule has 1 unspecified atom stereocenters. The Labute approximate surface area is 198 Å². The van der Waals surface area contributed by atoms with Crippen LogP contribution in [0.4, 0.5) is 5.69 Å². The fourth-order valence-corrected chi connectivity index (χ4v) is 3.45. The van der Waals surface area contributed by atoms with Gasteiger partial charge in [-0.05, 0) is 44.4 Å². The van der Waals surface area contributed by atoms with Gasteiger partial charge in [-0.25, -0.2) is 9.98 Å². The van der Waals surface area contributed by atoms with E-state index in [1.54, 1.807) is 6.20 Å². The van der Waals surface area contributed by atoms with E-state index in [1.807, 2.05) is 0 Å². The maximum absolute atomic E-state index is 5.86. The second-order valence-corrected chi connectivity index (χ2v) is 8.72. The van der Waals surface area contributed by atoms with Crippen LogP contribution in [0.3, 0.4) is 0 Å². The normalized spacial score (nSPS) is 15.6. The summed E-state index contributed by atoms with van der Waals surface area (Å²) in [5, 5.41) is 6.83. The number of rotatable bonds is 6. The highest BCUT2D eigenvalue weighted by atomic mass is 127. The smallest absolute Gasteiger partial charge is 0.216 e. The minimum absolute atomic E-state index is 0. The second kappa shape index (κ2) is 11.0. The molecule has 0 radical (unpaired) electrons. The van der Waals surface area contributed by atoms with Crippen LogP contribution in [0.1, 0.15) is 70.7 Å². The zero-order valence-electron chi connectivity index (χ0n) is 18.9. The van der Waals surface area contributed by atoms with Gasteiger partial charge < -0.3 is 20.0 Å². The summed E-state index contributed by atoms with van der Waals surface area (Å²) in [6.45, 7) is 14.1. The lowest BCUT2D eigenvalue weighted by atomic mass is 9.94. The van der Waals surface area contributed by atoms with Crippen molar-refractivity contribution in [2.45, 2.75) is 65.5 Å². The van der Waals surface area contributed by atoms with E-state index >= 15 is 0 Å². The van der Waals surface area contributed by atoms with Crippen LogP contribution in [0.2, 0.25) is 0 Å². The third-order valence-electron chi connectivity index (χ3n) is 5.20. The lowest BCUT2D eigenvalue weighted by Gasteiger charge is -2.22. The largest absolute Gasteiger partial charge is 0.443 e. The third-order valence-corrected chi connectivity index (χ3v) is 5.20. The molecule has 3 rings (SSSR count). The number of aromatic nitrogens is 1. The van der Waals surface area contributed by atoms with E-state index in [-0.39, 0.29) is 35.4 Å². The van der Waals surface area contributed by atoms with E-state index in [0.29, 0.717) is 12.4 Å². The van der Waals surface area contributed by atoms with Crippen LogP contribution in [0.25, 0.3) is 0 Å². The summed E-state index contributed by atoms with van der Waals surface area (Å²) in [6.07, 6.45) is 4.37. The molecule has 1 aliphatic rings. The predicted molar refractivity (Wildman–Crippen MR) is 135 cm³/mol. The molecule has 0 spiro atoms. The van der Waals surface area contributed by atoms with Crippen LogP contribution in [-0.2, 0) is 12.0 Å². The molecule has 0 bridgehead atoms. The molecular formula is C23H36IN5O. The first-order valence-electron chi connectivity index (χ1n) is 10.7. The van der Waals surface area contributed by atoms with Crippen molar-refractivity contribution >= 4 is 35.6 Å². The van der Waals surface area contributed by atoms with Crippen molar-refractivity contribution in [2.75, 3.05) is 24.5 Å². The highest BCUT2D eigenvalue weighted by molar-refractivity contribution is 14.0. The zero-order valence-corrected chi connectivity index (χ0v) is 21.2. The van der Waals surface area contributed by atoms with Crippen molar-refractivity contribution in [3.05, 3.63) is 47.7 Å². The third kappa shape index (κ3) is 6.62. The Morgan fingerprint density at radius 3 is 2.63 bits per heavy atom. The average molecular weight is 525 g/mol. The van der Waals surface area contributed by atoms with Gasteiger partial charge in [0.25, 0.3) is 0 Å². The Morgan fingerprint density at radius 2 is 2.00 bits per heavy atom. The minimum Gasteiger partial charge on any atom is -0.443 e. The molecular weight excluding hydrogens is 489 g/mol. The van der Waals surface area contributed by atoms with Gasteiger partial charge in [0.2, 0.25) is 5.89 Å². The van der Waals surface area contributed by atoms with Crippen molar-refractivity contribution in [1.29, 1.82) is 0 Å². The molecule has 0 aliphatic carbocycles. The number of oxazole rings is 1. The number of guanidine groups is 1. The monoisotopic (exact) mass is 525 g/mol. The van der Waals surface area contributed by atoms with Crippen LogP contribution in [0.5, 0.6) is 0 Å². The lowest BCUT2D eigenvalue weighted by molar-refractivity contribution is 0.383. The van der Waals surface area contributed by atoms with Gasteiger partial charge in [0, 0.05) is 30.7 Å². The minimum atomic E-state index is -0.0490. The van der Waals surface area contributed by atoms with E-state index in [0.717, 1.165) is 31.4 Å². The van der Waals surface area contributed by atoms with Crippen LogP contribution in [0.15, 0.2) is 39.9 Å². The maximum atomic E-state index is 5.86. The molecule has 2 heterocycles. The molecule has 6 nitrogen and oxygen atoms in total. The van der Waals surface area contributed by atoms with Crippen LogP contribution < -0.4 is 15.5 Å². The number of nitrogens with zero attached hydrogens (tertiary/aromatic N) is 3. The molecule has 2 N–H and O–H groups in total. The number of hydrogen-bond donors (Lipinski definition) is 2. The highest BCUT2D eigenvalue weighted by Gasteiger charge is 2.19. The van der Waals surface area contributed by atoms with Crippen molar-refractivity contribution in [3.8, 4) is 0 Å². The molecule has 7 heteroatoms. The van der Waals surface area contributed by atoms with Crippen molar-refractivity contribution in [1.82, 2.24) is 15.6 Å². The molecule has 0 saturated carbocycles. The lowest BCUT2D eigenvalue weighted by Crippen LogP contribution is -2.38. The van der Waals surface area contributed by atoms with Gasteiger partial charge in [0.1, 0.15) is 12.3 Å². The summed E-state index contributed by atoms with van der Waals surface area (Å²) in [7, 11) is 0. The maximum Gasteiger partial charge on any atom is 0.216 e. The summed E-state index contributed by atoms with van der Waals surface area (Å²) < 4.78 is 5.86. The first-order chi connectivity index (χ1) is 13.9. The van der Waals surface area contributed by atoms with Gasteiger partial charge in [-0.1, -0.05) is 32.9 Å². The molecule has 1 saturated heterocycles. The molecule has 2 aromatic rings. The van der Waals surface area contributed by atoms with Crippen molar-refractivity contribution < 1.29 is 4.42 Å². The fraction of sp³-hybridized carbons (Fsp3) is 0.565. The summed E-state index contributed by atoms with van der Waals surface area (Å²) in [4.78, 5) is 11.5. The molecule has 30 heavy (non-hydrogen) atoms. The fourth-order valence-electron chi connectivity index (χ4n) is 3.45. The molecule has 1 aliphatic heterocycles. The highest BCUT2D eigenvalue weighted by Crippen LogP contribution is 2.24. The van der Waals surface area contributed by atoms with E-state index in [4.69, 9.17) is 4.42 Å². The molecule has 1 fully saturated rings. The first-order valence-corrected chi connectivity index (χ1v) is 10.7. The molecule has 1 aromatic heterocycles. The van der Waals surface area contributed by atoms with E-state index in [9.17, 15) is 0 Å². The molecule has 0 amide bonds. The summed E-state index contributed by atoms with van der Waals surface area (Å²) in [6, 6.07) is 8.95. The van der Waals surface area contributed by atoms with Gasteiger partial charge in [-0.3, -0.25) is 0 Å². The standard InChI is InChI=1S/C23H35N5O.HI/c1-6-24-22(26-16-21-25-15-20(29-21)23(3,4)5)27-17(2)18-10-9-11-19(14-18)28-12-7-8-13-28;/h9-11,14-15,17H,6-8,12-13,16H2,1-5H3,(H2,24,26,27);1H. The molecule has 166 valence electrons. The van der Waals surface area contributed by atoms with E-state index in [1.165, 1.54) is 24.1 Å². The zero-order chi connectivity index (χ0) is 20.9. The van der Waals surface area contributed by atoms with Gasteiger partial charge in [-0.2, -0.15) is 0 Å². The number of anilines is 1. The number of halogens is 1. The Bertz CT molecular complexity index is 821. The van der Waals surface area contributed by atoms with Gasteiger partial charge in [-0.15, -0.1) is 24.0 Å². The number of hydrogen-bond acceptors (Lipinski definition) is 4. The van der Waals surface area contributed by atoms with E-state index < -0.39 is 0 Å². The summed E-state index contributed by atoms with van der Waals surface area (Å²) in [5.41, 5.74) is 2.52. The van der Waals surface area contributed by atoms with Gasteiger partial charge in [0.15, 0.2) is 5.96 Å². The summed E-state index contributed by atoms with van der Waals surface area (Å²) >= 11 is 0. The van der Waals surface area contributed by atoms with E-state index in [2.05, 4.69) is 84.4 Å². The number of benzene rings is 1. The van der Waals surface area contributed by atoms with Crippen LogP contribution in [0, 0.1) is 0 Å². The predicted octanol–water partition coefficient (Wildman–Crippen LogP) is 5.01. The Hall–Kier alpha value is -1.77. The number of nitrogens with one attached hydrogen (secondary N) is 2. The molecule has 1 atom stereocenters. The van der Waals surface area contributed by atoms with Crippen molar-refractivity contribution in [2.24, 2.45) is 4.99 Å². The summed E-state index contributed by atoms with van der Waals surface area (Å²) in [5.74, 6) is 2.28. The Kier molecular flexibility index (Phi) is 9.00. The van der Waals surface area contributed by atoms with Gasteiger partial charge in [0.05, 0.1) is 12.2 Å². The first kappa shape index (κ1) is 24.5. The SMILES string of the molecule is CCNC(=NCc1ncc(C(C)(C)C)o1)NC(C)c1cccc(N2CCCC2)c1.I. The molecule has 1 aromatic carbocycles. The van der Waals surface area contributed by atoms with Crippen LogP contribution in [-0.4, -0.2) is 30.6 Å². The Balaban J connectivity index is 0.00000320.